The van der Waals surface area contributed by atoms with Crippen LogP contribution >= 0.6 is 0 Å². The quantitative estimate of drug-likeness (QED) is 0.173. The first-order chi connectivity index (χ1) is 25.2. The van der Waals surface area contributed by atoms with Crippen LogP contribution in [0.4, 0.5) is 0 Å². The van der Waals surface area contributed by atoms with Crippen molar-refractivity contribution in [2.75, 3.05) is 19.8 Å². The summed E-state index contributed by atoms with van der Waals surface area (Å²) >= 11 is 0. The van der Waals surface area contributed by atoms with E-state index in [1.54, 1.807) is 0 Å². The van der Waals surface area contributed by atoms with Gasteiger partial charge in [0.15, 0.2) is 18.4 Å². The molecule has 0 aromatic carbocycles. The van der Waals surface area contributed by atoms with Crippen molar-refractivity contribution in [3.05, 3.63) is 0 Å². The Balaban J connectivity index is 0.962. The van der Waals surface area contributed by atoms with E-state index in [4.69, 9.17) is 28.4 Å². The molecule has 0 radical (unpaired) electrons. The lowest BCUT2D eigenvalue weighted by Gasteiger charge is -2.62. The molecule has 0 aromatic heterocycles. The van der Waals surface area contributed by atoms with E-state index in [2.05, 4.69) is 27.7 Å². The average molecular weight is 757 g/mol. The molecule has 4 saturated heterocycles. The number of ether oxygens (including phenoxy) is 6. The molecule has 0 aromatic rings. The van der Waals surface area contributed by atoms with Gasteiger partial charge >= 0.3 is 0 Å². The Hall–Kier alpha value is -0.560. The summed E-state index contributed by atoms with van der Waals surface area (Å²) in [5.41, 5.74) is 0.0762. The standard InChI is InChI=1S/C39H64O14/c1-17-7-10-39(48-16-17)18(2)28-25(53-39)12-22-20-6-5-19-11-24(23(42)13-38(19,4)21(20)8-9-37(22,28)3)49-36-34(32(46)30(44)27(15-41)51-36)52-35-33(47)31(45)29(43)26(14-40)50-35/h17-36,40-47H,5-16H2,1-4H3/t17-,18+,19-,20-,21+,22+,23+,24-,25?,26-,27-,28?,29+,30-,31+,32+,33-,34-,35+,36-,37+,38+,39?/m1/s1. The smallest absolute Gasteiger partial charge is 0.187 e. The van der Waals surface area contributed by atoms with Gasteiger partial charge in [-0.25, -0.2) is 0 Å². The number of hydrogen-bond donors (Lipinski definition) is 8. The summed E-state index contributed by atoms with van der Waals surface area (Å²) in [6, 6.07) is 0. The Morgan fingerprint density at radius 2 is 1.40 bits per heavy atom. The largest absolute Gasteiger partial charge is 0.394 e. The van der Waals surface area contributed by atoms with E-state index in [0.29, 0.717) is 48.3 Å². The van der Waals surface area contributed by atoms with E-state index in [1.165, 1.54) is 0 Å². The molecule has 14 heteroatoms. The molecular weight excluding hydrogens is 692 g/mol. The van der Waals surface area contributed by atoms with Gasteiger partial charge in [-0.15, -0.1) is 0 Å². The van der Waals surface area contributed by atoms with Crippen molar-refractivity contribution in [3.8, 4) is 0 Å². The summed E-state index contributed by atoms with van der Waals surface area (Å²) in [5.74, 6) is 2.78. The highest BCUT2D eigenvalue weighted by Crippen LogP contribution is 2.71. The molecule has 4 heterocycles. The van der Waals surface area contributed by atoms with Gasteiger partial charge in [0.25, 0.3) is 0 Å². The van der Waals surface area contributed by atoms with Gasteiger partial charge in [-0.05, 0) is 97.7 Å². The second-order valence-corrected chi connectivity index (χ2v) is 18.9. The third-order valence-corrected chi connectivity index (χ3v) is 16.2. The maximum atomic E-state index is 11.8. The van der Waals surface area contributed by atoms with Gasteiger partial charge in [-0.2, -0.15) is 0 Å². The van der Waals surface area contributed by atoms with Crippen LogP contribution in [0.25, 0.3) is 0 Å². The molecule has 4 aliphatic heterocycles. The van der Waals surface area contributed by atoms with Crippen LogP contribution in [0.3, 0.4) is 0 Å². The number of aliphatic hydroxyl groups excluding tert-OH is 8. The molecule has 8 fully saturated rings. The van der Waals surface area contributed by atoms with E-state index in [9.17, 15) is 40.9 Å². The van der Waals surface area contributed by atoms with Crippen LogP contribution in [0.1, 0.15) is 85.5 Å². The summed E-state index contributed by atoms with van der Waals surface area (Å²) in [6.07, 6.45) is -8.11. The van der Waals surface area contributed by atoms with Crippen LogP contribution < -0.4 is 0 Å². The zero-order chi connectivity index (χ0) is 37.8. The summed E-state index contributed by atoms with van der Waals surface area (Å²) in [5, 5.41) is 84.5. The summed E-state index contributed by atoms with van der Waals surface area (Å²) in [6.45, 7) is 8.96. The molecule has 304 valence electrons. The Labute approximate surface area is 312 Å². The fourth-order valence-corrected chi connectivity index (χ4v) is 13.2. The zero-order valence-electron chi connectivity index (χ0n) is 31.6. The lowest BCUT2D eigenvalue weighted by molar-refractivity contribution is -0.376. The number of aliphatic hydroxyl groups is 8. The minimum absolute atomic E-state index is 0.111. The van der Waals surface area contributed by atoms with Crippen LogP contribution in [0.2, 0.25) is 0 Å². The molecule has 14 nitrogen and oxygen atoms in total. The minimum atomic E-state index is -1.76. The van der Waals surface area contributed by atoms with Crippen molar-refractivity contribution < 1.29 is 69.3 Å². The van der Waals surface area contributed by atoms with Gasteiger partial charge in [0.05, 0.1) is 38.1 Å². The molecule has 8 N–H and O–H groups in total. The second kappa shape index (κ2) is 14.4. The third kappa shape index (κ3) is 6.20. The molecule has 23 atom stereocenters. The number of fused-ring (bicyclic) bond motifs is 7. The van der Waals surface area contributed by atoms with E-state index < -0.39 is 92.6 Å². The van der Waals surface area contributed by atoms with E-state index in [1.807, 2.05) is 0 Å². The van der Waals surface area contributed by atoms with Crippen LogP contribution in [0.5, 0.6) is 0 Å². The Morgan fingerprint density at radius 1 is 0.698 bits per heavy atom. The second-order valence-electron chi connectivity index (χ2n) is 18.9. The maximum Gasteiger partial charge on any atom is 0.187 e. The first-order valence-electron chi connectivity index (χ1n) is 20.4. The number of hydrogen-bond acceptors (Lipinski definition) is 14. The fraction of sp³-hybridized carbons (Fsp3) is 1.00. The van der Waals surface area contributed by atoms with Crippen LogP contribution in [0.15, 0.2) is 0 Å². The minimum Gasteiger partial charge on any atom is -0.394 e. The van der Waals surface area contributed by atoms with Crippen molar-refractivity contribution >= 4 is 0 Å². The van der Waals surface area contributed by atoms with Crippen molar-refractivity contribution in [1.82, 2.24) is 0 Å². The molecule has 4 saturated carbocycles. The van der Waals surface area contributed by atoms with E-state index >= 15 is 0 Å². The molecule has 4 aliphatic carbocycles. The van der Waals surface area contributed by atoms with Gasteiger partial charge in [0.1, 0.15) is 48.8 Å². The molecule has 0 bridgehead atoms. The first kappa shape index (κ1) is 39.3. The molecule has 8 aliphatic rings. The number of rotatable bonds is 6. The predicted molar refractivity (Wildman–Crippen MR) is 184 cm³/mol. The molecule has 53 heavy (non-hydrogen) atoms. The molecule has 1 spiro atoms. The van der Waals surface area contributed by atoms with Crippen LogP contribution in [0, 0.1) is 52.3 Å². The highest BCUT2D eigenvalue weighted by atomic mass is 16.8. The Kier molecular flexibility index (Phi) is 10.6. The summed E-state index contributed by atoms with van der Waals surface area (Å²) in [4.78, 5) is 0. The van der Waals surface area contributed by atoms with Gasteiger partial charge in [-0.1, -0.05) is 27.7 Å². The highest BCUT2D eigenvalue weighted by molar-refractivity contribution is 5.16. The fourth-order valence-electron chi connectivity index (χ4n) is 13.2. The van der Waals surface area contributed by atoms with Gasteiger partial charge < -0.3 is 69.3 Å². The third-order valence-electron chi connectivity index (χ3n) is 16.2. The van der Waals surface area contributed by atoms with Crippen molar-refractivity contribution in [2.24, 2.45) is 52.3 Å². The van der Waals surface area contributed by atoms with E-state index in [0.717, 1.165) is 51.6 Å². The molecule has 8 rings (SSSR count). The maximum absolute atomic E-state index is 11.8. The van der Waals surface area contributed by atoms with Crippen molar-refractivity contribution in [1.29, 1.82) is 0 Å². The topological polar surface area (TPSA) is 217 Å². The molecular formula is C39H64O14. The lowest BCUT2D eigenvalue weighted by atomic mass is 9.44. The van der Waals surface area contributed by atoms with Crippen LogP contribution in [-0.4, -0.2) is 146 Å². The molecule has 3 unspecified atom stereocenters. The highest BCUT2D eigenvalue weighted by Gasteiger charge is 2.69. The Morgan fingerprint density at radius 3 is 2.08 bits per heavy atom. The van der Waals surface area contributed by atoms with Crippen molar-refractivity contribution in [2.45, 2.75) is 171 Å². The van der Waals surface area contributed by atoms with Crippen molar-refractivity contribution in [3.63, 3.8) is 0 Å². The predicted octanol–water partition coefficient (Wildman–Crippen LogP) is 0.413. The summed E-state index contributed by atoms with van der Waals surface area (Å²) < 4.78 is 37.2. The summed E-state index contributed by atoms with van der Waals surface area (Å²) in [7, 11) is 0. The lowest BCUT2D eigenvalue weighted by Crippen LogP contribution is -2.65. The van der Waals surface area contributed by atoms with Gasteiger partial charge in [-0.3, -0.25) is 0 Å². The first-order valence-corrected chi connectivity index (χ1v) is 20.4. The van der Waals surface area contributed by atoms with E-state index in [-0.39, 0.29) is 22.9 Å². The normalized spacial score (nSPS) is 59.5. The zero-order valence-corrected chi connectivity index (χ0v) is 31.6. The monoisotopic (exact) mass is 756 g/mol. The Bertz CT molecular complexity index is 1300. The SMILES string of the molecule is C[C@@H]1CCC2(OC1)OC1C[C@H]3[C@@H]4CC[C@@H]5C[C@@H](O[C@@H]6O[C@H](CO)[C@@H](O)[C@H](O)[C@H]6O[C@@H]6O[C@H](CO)[C@H](O)[C@H](O)[C@H]6O)[C@@H](O)C[C@]5(C)[C@H]4CC[C@]3(C)C1[C@@H]2C. The van der Waals surface area contributed by atoms with Gasteiger partial charge in [0.2, 0.25) is 0 Å². The van der Waals surface area contributed by atoms with Gasteiger partial charge in [0, 0.05) is 12.3 Å². The van der Waals surface area contributed by atoms with Crippen LogP contribution in [-0.2, 0) is 28.4 Å². The average Bonchev–Trinajstić information content (AvgIpc) is 3.58. The molecule has 0 amide bonds.